The van der Waals surface area contributed by atoms with E-state index in [0.29, 0.717) is 5.56 Å². The minimum atomic E-state index is 0.0122. The van der Waals surface area contributed by atoms with Gasteiger partial charge in [-0.3, -0.25) is 4.79 Å². The molecule has 5 nitrogen and oxygen atoms in total. The van der Waals surface area contributed by atoms with Crippen molar-refractivity contribution in [1.29, 1.82) is 0 Å². The van der Waals surface area contributed by atoms with Gasteiger partial charge >= 0.3 is 0 Å². The van der Waals surface area contributed by atoms with Crippen LogP contribution in [0, 0.1) is 6.92 Å². The number of hydrogen-bond donors (Lipinski definition) is 0. The minimum Gasteiger partial charge on any atom is -0.497 e. The van der Waals surface area contributed by atoms with Gasteiger partial charge in [-0.2, -0.15) is 0 Å². The maximum atomic E-state index is 13.1. The SMILES string of the molecule is COc1cccc(C2CCCN2C(=O)c2cnc(C(C)C)nc2C)c1. The van der Waals surface area contributed by atoms with E-state index in [1.165, 1.54) is 0 Å². The molecular weight excluding hydrogens is 314 g/mol. The molecule has 1 aromatic carbocycles. The Hall–Kier alpha value is -2.43. The van der Waals surface area contributed by atoms with Gasteiger partial charge < -0.3 is 9.64 Å². The Morgan fingerprint density at radius 2 is 2.16 bits per heavy atom. The molecule has 1 amide bonds. The highest BCUT2D eigenvalue weighted by molar-refractivity contribution is 5.95. The van der Waals surface area contributed by atoms with Crippen LogP contribution in [0.3, 0.4) is 0 Å². The van der Waals surface area contributed by atoms with Crippen LogP contribution in [0.2, 0.25) is 0 Å². The van der Waals surface area contributed by atoms with E-state index in [1.54, 1.807) is 13.3 Å². The minimum absolute atomic E-state index is 0.0122. The monoisotopic (exact) mass is 339 g/mol. The van der Waals surface area contributed by atoms with Gasteiger partial charge in [0.1, 0.15) is 11.6 Å². The zero-order valence-corrected chi connectivity index (χ0v) is 15.3. The Morgan fingerprint density at radius 3 is 2.84 bits per heavy atom. The molecule has 1 fully saturated rings. The first-order chi connectivity index (χ1) is 12.0. The van der Waals surface area contributed by atoms with Crippen LogP contribution in [-0.2, 0) is 0 Å². The lowest BCUT2D eigenvalue weighted by molar-refractivity contribution is 0.0733. The second kappa shape index (κ2) is 7.21. The maximum absolute atomic E-state index is 13.1. The van der Waals surface area contributed by atoms with E-state index in [9.17, 15) is 4.79 Å². The third-order valence-corrected chi connectivity index (χ3v) is 4.74. The summed E-state index contributed by atoms with van der Waals surface area (Å²) in [6.07, 6.45) is 3.64. The van der Waals surface area contributed by atoms with Crippen molar-refractivity contribution >= 4 is 5.91 Å². The lowest BCUT2D eigenvalue weighted by atomic mass is 10.0. The second-order valence-corrected chi connectivity index (χ2v) is 6.82. The average molecular weight is 339 g/mol. The summed E-state index contributed by atoms with van der Waals surface area (Å²) in [7, 11) is 1.66. The standard InChI is InChI=1S/C20H25N3O2/c1-13(2)19-21-12-17(14(3)22-19)20(24)23-10-6-9-18(23)15-7-5-8-16(11-15)25-4/h5,7-8,11-13,18H,6,9-10H2,1-4H3. The molecule has 2 aromatic rings. The van der Waals surface area contributed by atoms with E-state index in [2.05, 4.69) is 29.9 Å². The summed E-state index contributed by atoms with van der Waals surface area (Å²) in [6.45, 7) is 6.74. The molecule has 3 rings (SSSR count). The number of rotatable bonds is 4. The number of methoxy groups -OCH3 is 1. The summed E-state index contributed by atoms with van der Waals surface area (Å²) >= 11 is 0. The van der Waals surface area contributed by atoms with E-state index in [0.717, 1.165) is 42.2 Å². The highest BCUT2D eigenvalue weighted by Gasteiger charge is 2.32. The smallest absolute Gasteiger partial charge is 0.257 e. The second-order valence-electron chi connectivity index (χ2n) is 6.82. The molecule has 1 aliphatic rings. The van der Waals surface area contributed by atoms with Gasteiger partial charge in [0, 0.05) is 18.7 Å². The largest absolute Gasteiger partial charge is 0.497 e. The highest BCUT2D eigenvalue weighted by atomic mass is 16.5. The predicted molar refractivity (Wildman–Crippen MR) is 96.9 cm³/mol. The van der Waals surface area contributed by atoms with Gasteiger partial charge in [-0.15, -0.1) is 0 Å². The first-order valence-electron chi connectivity index (χ1n) is 8.79. The predicted octanol–water partition coefficient (Wildman–Crippen LogP) is 3.89. The third kappa shape index (κ3) is 3.50. The van der Waals surface area contributed by atoms with Crippen LogP contribution >= 0.6 is 0 Å². The summed E-state index contributed by atoms with van der Waals surface area (Å²) < 4.78 is 5.33. The maximum Gasteiger partial charge on any atom is 0.257 e. The Morgan fingerprint density at radius 1 is 1.36 bits per heavy atom. The van der Waals surface area contributed by atoms with E-state index in [4.69, 9.17) is 4.74 Å². The molecule has 0 spiro atoms. The number of carbonyl (C=O) groups excluding carboxylic acids is 1. The Bertz CT molecular complexity index is 773. The summed E-state index contributed by atoms with van der Waals surface area (Å²) in [5.41, 5.74) is 2.46. The van der Waals surface area contributed by atoms with Crippen molar-refractivity contribution in [2.45, 2.75) is 45.6 Å². The highest BCUT2D eigenvalue weighted by Crippen LogP contribution is 2.34. The molecule has 5 heteroatoms. The Kier molecular flexibility index (Phi) is 5.02. The Balaban J connectivity index is 1.88. The molecule has 0 radical (unpaired) electrons. The van der Waals surface area contributed by atoms with E-state index in [-0.39, 0.29) is 17.9 Å². The molecule has 2 heterocycles. The van der Waals surface area contributed by atoms with Gasteiger partial charge in [0.2, 0.25) is 0 Å². The zero-order chi connectivity index (χ0) is 18.0. The van der Waals surface area contributed by atoms with Crippen LogP contribution in [0.25, 0.3) is 0 Å². The van der Waals surface area contributed by atoms with E-state index < -0.39 is 0 Å². The molecule has 0 N–H and O–H groups in total. The topological polar surface area (TPSA) is 55.3 Å². The van der Waals surface area contributed by atoms with Crippen molar-refractivity contribution < 1.29 is 9.53 Å². The number of nitrogens with zero attached hydrogens (tertiary/aromatic N) is 3. The molecule has 132 valence electrons. The van der Waals surface area contributed by atoms with Gasteiger partial charge in [0.05, 0.1) is 24.4 Å². The van der Waals surface area contributed by atoms with Gasteiger partial charge in [0.15, 0.2) is 0 Å². The summed E-state index contributed by atoms with van der Waals surface area (Å²) in [5.74, 6) is 1.86. The van der Waals surface area contributed by atoms with Crippen molar-refractivity contribution in [2.75, 3.05) is 13.7 Å². The molecule has 0 bridgehead atoms. The van der Waals surface area contributed by atoms with Gasteiger partial charge in [-0.05, 0) is 37.5 Å². The Labute approximate surface area is 149 Å². The molecule has 1 aliphatic heterocycles. The van der Waals surface area contributed by atoms with E-state index >= 15 is 0 Å². The van der Waals surface area contributed by atoms with Crippen molar-refractivity contribution in [2.24, 2.45) is 0 Å². The normalized spacial score (nSPS) is 17.2. The zero-order valence-electron chi connectivity index (χ0n) is 15.3. The summed E-state index contributed by atoms with van der Waals surface area (Å²) in [5, 5.41) is 0. The third-order valence-electron chi connectivity index (χ3n) is 4.74. The number of amides is 1. The fourth-order valence-corrected chi connectivity index (χ4v) is 3.33. The number of carbonyl (C=O) groups is 1. The summed E-state index contributed by atoms with van der Waals surface area (Å²) in [6, 6.07) is 8.05. The van der Waals surface area contributed by atoms with Gasteiger partial charge in [0.25, 0.3) is 5.91 Å². The first kappa shape index (κ1) is 17.4. The molecule has 0 aliphatic carbocycles. The fraction of sp³-hybridized carbons (Fsp3) is 0.450. The van der Waals surface area contributed by atoms with Crippen LogP contribution in [0.15, 0.2) is 30.5 Å². The lowest BCUT2D eigenvalue weighted by Gasteiger charge is -2.26. The van der Waals surface area contributed by atoms with Crippen LogP contribution in [0.5, 0.6) is 5.75 Å². The number of benzene rings is 1. The fourth-order valence-electron chi connectivity index (χ4n) is 3.33. The number of ether oxygens (including phenoxy) is 1. The van der Waals surface area contributed by atoms with Crippen LogP contribution in [-0.4, -0.2) is 34.4 Å². The average Bonchev–Trinajstić information content (AvgIpc) is 3.10. The van der Waals surface area contributed by atoms with Crippen LogP contribution < -0.4 is 4.74 Å². The number of likely N-dealkylation sites (tertiary alicyclic amines) is 1. The molecule has 25 heavy (non-hydrogen) atoms. The number of aryl methyl sites for hydroxylation is 1. The molecule has 1 aromatic heterocycles. The van der Waals surface area contributed by atoms with Crippen molar-refractivity contribution in [3.05, 3.63) is 53.1 Å². The van der Waals surface area contributed by atoms with Gasteiger partial charge in [-0.1, -0.05) is 26.0 Å². The molecule has 1 saturated heterocycles. The molecule has 1 atom stereocenters. The van der Waals surface area contributed by atoms with Crippen molar-refractivity contribution in [3.63, 3.8) is 0 Å². The summed E-state index contributed by atoms with van der Waals surface area (Å²) in [4.78, 5) is 23.9. The lowest BCUT2D eigenvalue weighted by Crippen LogP contribution is -2.31. The van der Waals surface area contributed by atoms with Crippen LogP contribution in [0.1, 0.15) is 66.1 Å². The van der Waals surface area contributed by atoms with Crippen LogP contribution in [0.4, 0.5) is 0 Å². The molecule has 0 saturated carbocycles. The van der Waals surface area contributed by atoms with Crippen molar-refractivity contribution in [1.82, 2.24) is 14.9 Å². The van der Waals surface area contributed by atoms with Crippen molar-refractivity contribution in [3.8, 4) is 5.75 Å². The van der Waals surface area contributed by atoms with E-state index in [1.807, 2.05) is 30.0 Å². The number of hydrogen-bond acceptors (Lipinski definition) is 4. The first-order valence-corrected chi connectivity index (χ1v) is 8.79. The number of aromatic nitrogens is 2. The van der Waals surface area contributed by atoms with Gasteiger partial charge in [-0.25, -0.2) is 9.97 Å². The molecule has 1 unspecified atom stereocenters. The quantitative estimate of drug-likeness (QED) is 0.848. The molecular formula is C20H25N3O2.